The molecule has 2 heterocycles. The smallest absolute Gasteiger partial charge is 0.313 e. The summed E-state index contributed by atoms with van der Waals surface area (Å²) in [6.45, 7) is 0. The van der Waals surface area contributed by atoms with Crippen molar-refractivity contribution in [3.63, 3.8) is 0 Å². The van der Waals surface area contributed by atoms with Crippen LogP contribution in [0, 0.1) is 0 Å². The molecule has 0 spiro atoms. The molecule has 10 heteroatoms. The first-order chi connectivity index (χ1) is 14.5. The Balaban J connectivity index is 1.49. The van der Waals surface area contributed by atoms with Crippen molar-refractivity contribution >= 4 is 40.9 Å². The Labute approximate surface area is 175 Å². The zero-order valence-electron chi connectivity index (χ0n) is 15.6. The number of carboxylic acids is 1. The average Bonchev–Trinajstić information content (AvgIpc) is 3.21. The normalized spacial score (nSPS) is 12.7. The number of carbonyl (C=O) groups excluding carboxylic acids is 2. The maximum absolute atomic E-state index is 12.7. The molecule has 1 aliphatic rings. The van der Waals surface area contributed by atoms with Crippen LogP contribution in [0.5, 0.6) is 0 Å². The SMILES string of the molecule is O=C(O)CSc1n[nH]c(-c2cccc(C(=O)Nc3ccc4c(c3)NC(=O)CC4)c2)n1. The molecule has 3 aromatic rings. The zero-order valence-corrected chi connectivity index (χ0v) is 16.5. The monoisotopic (exact) mass is 423 g/mol. The Morgan fingerprint density at radius 2 is 2.03 bits per heavy atom. The van der Waals surface area contributed by atoms with Crippen LogP contribution in [0.25, 0.3) is 11.4 Å². The minimum absolute atomic E-state index is 0.0355. The van der Waals surface area contributed by atoms with E-state index in [0.29, 0.717) is 46.3 Å². The van der Waals surface area contributed by atoms with Crippen LogP contribution < -0.4 is 10.6 Å². The number of hydrogen-bond acceptors (Lipinski definition) is 6. The number of aryl methyl sites for hydroxylation is 1. The molecule has 1 aliphatic heterocycles. The summed E-state index contributed by atoms with van der Waals surface area (Å²) in [5.74, 6) is -0.993. The van der Waals surface area contributed by atoms with Gasteiger partial charge < -0.3 is 15.7 Å². The molecular weight excluding hydrogens is 406 g/mol. The number of nitrogens with zero attached hydrogens (tertiary/aromatic N) is 2. The number of carbonyl (C=O) groups is 3. The van der Waals surface area contributed by atoms with E-state index >= 15 is 0 Å². The number of aromatic amines is 1. The second kappa shape index (κ2) is 8.37. The van der Waals surface area contributed by atoms with Gasteiger partial charge in [0.2, 0.25) is 11.1 Å². The summed E-state index contributed by atoms with van der Waals surface area (Å²) in [6.07, 6.45) is 1.14. The number of aromatic nitrogens is 3. The number of rotatable bonds is 6. The second-order valence-electron chi connectivity index (χ2n) is 6.60. The highest BCUT2D eigenvalue weighted by atomic mass is 32.2. The number of nitrogens with one attached hydrogen (secondary N) is 3. The van der Waals surface area contributed by atoms with Gasteiger partial charge in [-0.25, -0.2) is 4.98 Å². The average molecular weight is 423 g/mol. The summed E-state index contributed by atoms with van der Waals surface area (Å²) in [5, 5.41) is 21.4. The van der Waals surface area contributed by atoms with E-state index in [0.717, 1.165) is 17.3 Å². The number of aliphatic carboxylic acids is 1. The molecule has 1 aromatic heterocycles. The molecule has 0 radical (unpaired) electrons. The van der Waals surface area contributed by atoms with Gasteiger partial charge >= 0.3 is 5.97 Å². The number of anilines is 2. The standard InChI is InChI=1S/C20H17N5O4S/c26-16-7-5-11-4-6-14(9-15(11)22-16)21-19(29)13-3-1-2-12(8-13)18-23-20(25-24-18)30-10-17(27)28/h1-4,6,8-9H,5,7,10H2,(H,21,29)(H,22,26)(H,27,28)(H,23,24,25). The fraction of sp³-hybridized carbons (Fsp3) is 0.150. The van der Waals surface area contributed by atoms with Gasteiger partial charge in [0.15, 0.2) is 5.82 Å². The Morgan fingerprint density at radius 1 is 1.17 bits per heavy atom. The van der Waals surface area contributed by atoms with Crippen LogP contribution in [0.3, 0.4) is 0 Å². The van der Waals surface area contributed by atoms with Crippen molar-refractivity contribution in [3.8, 4) is 11.4 Å². The van der Waals surface area contributed by atoms with E-state index in [-0.39, 0.29) is 17.6 Å². The Kier molecular flexibility index (Phi) is 5.48. The van der Waals surface area contributed by atoms with Gasteiger partial charge in [0.1, 0.15) is 0 Å². The minimum atomic E-state index is -0.952. The van der Waals surface area contributed by atoms with Crippen molar-refractivity contribution in [2.75, 3.05) is 16.4 Å². The summed E-state index contributed by atoms with van der Waals surface area (Å²) in [5.41, 5.74) is 3.40. The van der Waals surface area contributed by atoms with E-state index in [1.807, 2.05) is 6.07 Å². The first-order valence-electron chi connectivity index (χ1n) is 9.09. The lowest BCUT2D eigenvalue weighted by molar-refractivity contribution is -0.133. The van der Waals surface area contributed by atoms with Crippen molar-refractivity contribution in [1.82, 2.24) is 15.2 Å². The van der Waals surface area contributed by atoms with Gasteiger partial charge in [-0.1, -0.05) is 30.0 Å². The van der Waals surface area contributed by atoms with Gasteiger partial charge in [-0.15, -0.1) is 5.10 Å². The maximum atomic E-state index is 12.7. The molecular formula is C20H17N5O4S. The van der Waals surface area contributed by atoms with Crippen LogP contribution >= 0.6 is 11.8 Å². The fourth-order valence-corrected chi connectivity index (χ4v) is 3.55. The lowest BCUT2D eigenvalue weighted by Gasteiger charge is -2.17. The van der Waals surface area contributed by atoms with Gasteiger partial charge in [0.25, 0.3) is 5.91 Å². The summed E-state index contributed by atoms with van der Waals surface area (Å²) in [4.78, 5) is 39.2. The van der Waals surface area contributed by atoms with E-state index in [1.54, 1.807) is 36.4 Å². The van der Waals surface area contributed by atoms with Crippen molar-refractivity contribution < 1.29 is 19.5 Å². The predicted molar refractivity (Wildman–Crippen MR) is 112 cm³/mol. The fourth-order valence-electron chi connectivity index (χ4n) is 3.03. The van der Waals surface area contributed by atoms with Crippen molar-refractivity contribution in [2.24, 2.45) is 0 Å². The van der Waals surface area contributed by atoms with Gasteiger partial charge in [-0.2, -0.15) is 0 Å². The molecule has 0 aliphatic carbocycles. The molecule has 152 valence electrons. The summed E-state index contributed by atoms with van der Waals surface area (Å²) in [6, 6.07) is 12.3. The largest absolute Gasteiger partial charge is 0.481 e. The molecule has 4 N–H and O–H groups in total. The van der Waals surface area contributed by atoms with E-state index in [2.05, 4.69) is 25.8 Å². The predicted octanol–water partition coefficient (Wildman–Crippen LogP) is 2.79. The molecule has 0 unspecified atom stereocenters. The van der Waals surface area contributed by atoms with E-state index in [9.17, 15) is 14.4 Å². The summed E-state index contributed by atoms with van der Waals surface area (Å²) < 4.78 is 0. The first-order valence-corrected chi connectivity index (χ1v) is 10.1. The molecule has 0 atom stereocenters. The molecule has 4 rings (SSSR count). The topological polar surface area (TPSA) is 137 Å². The van der Waals surface area contributed by atoms with Crippen LogP contribution in [0.15, 0.2) is 47.6 Å². The van der Waals surface area contributed by atoms with Crippen molar-refractivity contribution in [3.05, 3.63) is 53.6 Å². The highest BCUT2D eigenvalue weighted by Crippen LogP contribution is 2.26. The third kappa shape index (κ3) is 4.49. The quantitative estimate of drug-likeness (QED) is 0.447. The van der Waals surface area contributed by atoms with E-state index in [4.69, 9.17) is 5.11 Å². The molecule has 0 saturated heterocycles. The highest BCUT2D eigenvalue weighted by Gasteiger charge is 2.16. The van der Waals surface area contributed by atoms with E-state index in [1.165, 1.54) is 0 Å². The Hall–Kier alpha value is -3.66. The summed E-state index contributed by atoms with van der Waals surface area (Å²) >= 11 is 1.01. The molecule has 2 amide bonds. The summed E-state index contributed by atoms with van der Waals surface area (Å²) in [7, 11) is 0. The lowest BCUT2D eigenvalue weighted by atomic mass is 10.0. The number of amides is 2. The van der Waals surface area contributed by atoms with Crippen LogP contribution in [0.2, 0.25) is 0 Å². The van der Waals surface area contributed by atoms with Crippen LogP contribution in [0.4, 0.5) is 11.4 Å². The molecule has 0 bridgehead atoms. The number of fused-ring (bicyclic) bond motifs is 1. The van der Waals surface area contributed by atoms with Crippen LogP contribution in [-0.2, 0) is 16.0 Å². The molecule has 9 nitrogen and oxygen atoms in total. The van der Waals surface area contributed by atoms with Crippen molar-refractivity contribution in [2.45, 2.75) is 18.0 Å². The zero-order chi connectivity index (χ0) is 21.1. The number of carboxylic acid groups (broad SMARTS) is 1. The Morgan fingerprint density at radius 3 is 2.87 bits per heavy atom. The molecule has 30 heavy (non-hydrogen) atoms. The molecule has 0 fully saturated rings. The molecule has 2 aromatic carbocycles. The third-order valence-corrected chi connectivity index (χ3v) is 5.28. The lowest BCUT2D eigenvalue weighted by Crippen LogP contribution is -2.19. The second-order valence-corrected chi connectivity index (χ2v) is 7.55. The van der Waals surface area contributed by atoms with Gasteiger partial charge in [0, 0.05) is 28.9 Å². The number of benzene rings is 2. The Bertz CT molecular complexity index is 1140. The van der Waals surface area contributed by atoms with Crippen LogP contribution in [-0.4, -0.2) is 43.8 Å². The first kappa shape index (κ1) is 19.6. The van der Waals surface area contributed by atoms with Crippen molar-refractivity contribution in [1.29, 1.82) is 0 Å². The number of hydrogen-bond donors (Lipinski definition) is 4. The third-order valence-electron chi connectivity index (χ3n) is 4.45. The number of thioether (sulfide) groups is 1. The minimum Gasteiger partial charge on any atom is -0.481 e. The van der Waals surface area contributed by atoms with Gasteiger partial charge in [0.05, 0.1) is 5.75 Å². The van der Waals surface area contributed by atoms with Gasteiger partial charge in [-0.3, -0.25) is 19.5 Å². The van der Waals surface area contributed by atoms with Gasteiger partial charge in [-0.05, 0) is 36.2 Å². The van der Waals surface area contributed by atoms with Crippen LogP contribution in [0.1, 0.15) is 22.3 Å². The highest BCUT2D eigenvalue weighted by molar-refractivity contribution is 7.99. The van der Waals surface area contributed by atoms with E-state index < -0.39 is 5.97 Å². The molecule has 0 saturated carbocycles. The maximum Gasteiger partial charge on any atom is 0.313 e. The number of H-pyrrole nitrogens is 1.